The Labute approximate surface area is 407 Å². The topological polar surface area (TPSA) is 149 Å². The maximum Gasteiger partial charge on any atom is 0.220 e. The number of aliphatic hydroxyl groups is 5. The van der Waals surface area contributed by atoms with Crippen LogP contribution in [-0.4, -0.2) is 87.5 Å². The number of hydrogen-bond acceptors (Lipinski definition) is 8. The second-order valence-electron chi connectivity index (χ2n) is 20.1. The van der Waals surface area contributed by atoms with Gasteiger partial charge in [-0.15, -0.1) is 0 Å². The molecule has 1 heterocycles. The van der Waals surface area contributed by atoms with Crippen LogP contribution in [0.25, 0.3) is 0 Å². The predicted molar refractivity (Wildman–Crippen MR) is 277 cm³/mol. The first-order valence-corrected chi connectivity index (χ1v) is 28.5. The number of carbonyl (C=O) groups excluding carboxylic acids is 1. The van der Waals surface area contributed by atoms with E-state index in [0.717, 1.165) is 64.2 Å². The fraction of sp³-hybridized carbons (Fsp3) is 0.912. The minimum atomic E-state index is -1.56. The highest BCUT2D eigenvalue weighted by molar-refractivity contribution is 5.76. The summed E-state index contributed by atoms with van der Waals surface area (Å²) >= 11 is 0. The molecule has 0 radical (unpaired) electrons. The van der Waals surface area contributed by atoms with E-state index in [-0.39, 0.29) is 12.5 Å². The number of rotatable bonds is 49. The standard InChI is InChI=1S/C57H109NO8/c1-3-5-7-9-11-13-15-17-19-20-21-22-23-24-25-26-27-28-29-30-31-33-34-36-38-40-42-44-46-51(60)50(49-65-57-56(64)55(63)54(62)52(48-59)66-57)58-53(61)47-45-43-41-39-37-35-32-18-16-14-12-10-8-6-4-2/h12,14,18,32,50-52,54-57,59-60,62-64H,3-11,13,15-17,19-31,33-49H2,1-2H3,(H,58,61)/b14-12-,32-18-. The minimum Gasteiger partial charge on any atom is -0.394 e. The quantitative estimate of drug-likeness (QED) is 0.0261. The van der Waals surface area contributed by atoms with Gasteiger partial charge >= 0.3 is 0 Å². The summed E-state index contributed by atoms with van der Waals surface area (Å²) in [4.78, 5) is 13.0. The van der Waals surface area contributed by atoms with E-state index >= 15 is 0 Å². The first kappa shape index (κ1) is 62.7. The summed E-state index contributed by atoms with van der Waals surface area (Å²) in [5, 5.41) is 54.6. The average molecular weight is 936 g/mol. The largest absolute Gasteiger partial charge is 0.394 e. The van der Waals surface area contributed by atoms with Gasteiger partial charge in [-0.2, -0.15) is 0 Å². The van der Waals surface area contributed by atoms with E-state index in [9.17, 15) is 30.3 Å². The van der Waals surface area contributed by atoms with Crippen LogP contribution in [-0.2, 0) is 14.3 Å². The van der Waals surface area contributed by atoms with E-state index in [0.29, 0.717) is 12.8 Å². The minimum absolute atomic E-state index is 0.142. The molecule has 1 aliphatic heterocycles. The summed E-state index contributed by atoms with van der Waals surface area (Å²) in [6.07, 6.45) is 52.1. The summed E-state index contributed by atoms with van der Waals surface area (Å²) < 4.78 is 11.3. The number of carbonyl (C=O) groups is 1. The summed E-state index contributed by atoms with van der Waals surface area (Å²) in [7, 11) is 0. The van der Waals surface area contributed by atoms with Gasteiger partial charge in [0.05, 0.1) is 25.4 Å². The molecule has 0 aliphatic carbocycles. The molecule has 66 heavy (non-hydrogen) atoms. The molecule has 1 aliphatic rings. The summed E-state index contributed by atoms with van der Waals surface area (Å²) in [5.41, 5.74) is 0. The van der Waals surface area contributed by atoms with Crippen molar-refractivity contribution in [2.24, 2.45) is 0 Å². The number of hydrogen-bond donors (Lipinski definition) is 6. The van der Waals surface area contributed by atoms with Crippen molar-refractivity contribution in [3.05, 3.63) is 24.3 Å². The molecule has 390 valence electrons. The van der Waals surface area contributed by atoms with Gasteiger partial charge in [0.15, 0.2) is 6.29 Å². The highest BCUT2D eigenvalue weighted by Gasteiger charge is 2.44. The number of nitrogens with one attached hydrogen (secondary N) is 1. The monoisotopic (exact) mass is 936 g/mol. The molecule has 7 unspecified atom stereocenters. The van der Waals surface area contributed by atoms with E-state index in [1.807, 2.05) is 0 Å². The predicted octanol–water partition coefficient (Wildman–Crippen LogP) is 13.8. The maximum atomic E-state index is 13.0. The van der Waals surface area contributed by atoms with Gasteiger partial charge in [-0.3, -0.25) is 4.79 Å². The van der Waals surface area contributed by atoms with Gasteiger partial charge in [-0.05, 0) is 44.9 Å². The lowest BCUT2D eigenvalue weighted by Crippen LogP contribution is -2.60. The van der Waals surface area contributed by atoms with E-state index < -0.39 is 49.5 Å². The Kier molecular flexibility index (Phi) is 45.0. The van der Waals surface area contributed by atoms with Gasteiger partial charge in [0.25, 0.3) is 0 Å². The fourth-order valence-corrected chi connectivity index (χ4v) is 9.25. The molecule has 9 nitrogen and oxygen atoms in total. The zero-order chi connectivity index (χ0) is 48.0. The van der Waals surface area contributed by atoms with Crippen molar-refractivity contribution in [3.63, 3.8) is 0 Å². The van der Waals surface area contributed by atoms with Crippen molar-refractivity contribution >= 4 is 5.91 Å². The van der Waals surface area contributed by atoms with Crippen molar-refractivity contribution in [1.82, 2.24) is 5.32 Å². The lowest BCUT2D eigenvalue weighted by Gasteiger charge is -2.40. The fourth-order valence-electron chi connectivity index (χ4n) is 9.25. The Bertz CT molecular complexity index is 1090. The molecular formula is C57H109NO8. The van der Waals surface area contributed by atoms with Crippen LogP contribution in [0.15, 0.2) is 24.3 Å². The van der Waals surface area contributed by atoms with Crippen molar-refractivity contribution in [2.75, 3.05) is 13.2 Å². The number of allylic oxidation sites excluding steroid dienone is 4. The number of amides is 1. The third-order valence-corrected chi connectivity index (χ3v) is 13.8. The number of aliphatic hydroxyl groups excluding tert-OH is 5. The third kappa shape index (κ3) is 36.6. The van der Waals surface area contributed by atoms with Crippen LogP contribution < -0.4 is 5.32 Å². The second kappa shape index (κ2) is 47.4. The van der Waals surface area contributed by atoms with Crippen LogP contribution in [0.2, 0.25) is 0 Å². The lowest BCUT2D eigenvalue weighted by molar-refractivity contribution is -0.302. The van der Waals surface area contributed by atoms with Crippen molar-refractivity contribution in [1.29, 1.82) is 0 Å². The molecular weight excluding hydrogens is 827 g/mol. The van der Waals surface area contributed by atoms with Crippen molar-refractivity contribution in [2.45, 2.75) is 320 Å². The molecule has 0 aromatic carbocycles. The molecule has 0 spiro atoms. The summed E-state index contributed by atoms with van der Waals surface area (Å²) in [6.45, 7) is 3.83. The van der Waals surface area contributed by atoms with Crippen LogP contribution in [0.5, 0.6) is 0 Å². The van der Waals surface area contributed by atoms with Crippen LogP contribution in [0.4, 0.5) is 0 Å². The first-order valence-electron chi connectivity index (χ1n) is 28.5. The molecule has 6 N–H and O–H groups in total. The van der Waals surface area contributed by atoms with Gasteiger partial charge in [0.1, 0.15) is 24.4 Å². The van der Waals surface area contributed by atoms with Crippen molar-refractivity contribution in [3.8, 4) is 0 Å². The summed E-state index contributed by atoms with van der Waals surface area (Å²) in [5.74, 6) is -0.155. The van der Waals surface area contributed by atoms with Gasteiger partial charge in [0, 0.05) is 6.42 Å². The van der Waals surface area contributed by atoms with E-state index in [2.05, 4.69) is 43.5 Å². The molecule has 0 aromatic heterocycles. The molecule has 1 saturated heterocycles. The molecule has 9 heteroatoms. The Morgan fingerprint density at radius 2 is 0.894 bits per heavy atom. The zero-order valence-corrected chi connectivity index (χ0v) is 43.2. The number of unbranched alkanes of at least 4 members (excludes halogenated alkanes) is 35. The lowest BCUT2D eigenvalue weighted by atomic mass is 9.99. The highest BCUT2D eigenvalue weighted by Crippen LogP contribution is 2.23. The molecule has 1 amide bonds. The average Bonchev–Trinajstić information content (AvgIpc) is 3.32. The Balaban J connectivity index is 2.17. The van der Waals surface area contributed by atoms with Crippen LogP contribution in [0, 0.1) is 0 Å². The Hall–Kier alpha value is -1.33. The van der Waals surface area contributed by atoms with Crippen LogP contribution in [0.1, 0.15) is 277 Å². The number of ether oxygens (including phenoxy) is 2. The van der Waals surface area contributed by atoms with Gasteiger partial charge in [0.2, 0.25) is 5.91 Å². The molecule has 0 aromatic rings. The third-order valence-electron chi connectivity index (χ3n) is 13.8. The normalized spacial score (nSPS) is 19.9. The first-order chi connectivity index (χ1) is 32.3. The molecule has 7 atom stereocenters. The van der Waals surface area contributed by atoms with E-state index in [4.69, 9.17) is 9.47 Å². The summed E-state index contributed by atoms with van der Waals surface area (Å²) in [6, 6.07) is -0.725. The smallest absolute Gasteiger partial charge is 0.220 e. The second-order valence-corrected chi connectivity index (χ2v) is 20.1. The van der Waals surface area contributed by atoms with Gasteiger partial charge in [-0.25, -0.2) is 0 Å². The zero-order valence-electron chi connectivity index (χ0n) is 43.2. The highest BCUT2D eigenvalue weighted by atomic mass is 16.7. The van der Waals surface area contributed by atoms with E-state index in [1.165, 1.54) is 186 Å². The molecule has 0 saturated carbocycles. The van der Waals surface area contributed by atoms with Crippen LogP contribution in [0.3, 0.4) is 0 Å². The molecule has 1 rings (SSSR count). The van der Waals surface area contributed by atoms with Crippen molar-refractivity contribution < 1.29 is 39.8 Å². The Morgan fingerprint density at radius 3 is 1.33 bits per heavy atom. The molecule has 1 fully saturated rings. The maximum absolute atomic E-state index is 13.0. The van der Waals surface area contributed by atoms with Crippen LogP contribution >= 0.6 is 0 Å². The van der Waals surface area contributed by atoms with Gasteiger partial charge < -0.3 is 40.3 Å². The van der Waals surface area contributed by atoms with Gasteiger partial charge in [-0.1, -0.05) is 250 Å². The van der Waals surface area contributed by atoms with E-state index in [1.54, 1.807) is 0 Å². The SMILES string of the molecule is CCCCC/C=C\C/C=C\CCCCCCCC(=O)NC(COC1OC(CO)C(O)C(O)C1O)C(O)CCCCCCCCCCCCCCCCCCCCCCCCCCCCCC. The molecule has 0 bridgehead atoms. The Morgan fingerprint density at radius 1 is 0.515 bits per heavy atom.